The highest BCUT2D eigenvalue weighted by Gasteiger charge is 2.25. The zero-order valence-corrected chi connectivity index (χ0v) is 9.88. The molecule has 1 aliphatic carbocycles. The predicted molar refractivity (Wildman–Crippen MR) is 60.5 cm³/mol. The third-order valence-corrected chi connectivity index (χ3v) is 3.30. The van der Waals surface area contributed by atoms with Crippen LogP contribution >= 0.6 is 0 Å². The van der Waals surface area contributed by atoms with E-state index in [1.54, 1.807) is 0 Å². The average Bonchev–Trinajstić information content (AvgIpc) is 2.62. The highest BCUT2D eigenvalue weighted by atomic mass is 16.5. The molecule has 0 amide bonds. The van der Waals surface area contributed by atoms with Crippen molar-refractivity contribution in [2.24, 2.45) is 5.92 Å². The molecule has 0 bridgehead atoms. The van der Waals surface area contributed by atoms with Gasteiger partial charge < -0.3 is 10.1 Å². The van der Waals surface area contributed by atoms with Crippen LogP contribution in [0.2, 0.25) is 0 Å². The molecule has 3 atom stereocenters. The van der Waals surface area contributed by atoms with Crippen LogP contribution < -0.4 is 5.32 Å². The lowest BCUT2D eigenvalue weighted by Gasteiger charge is -2.22. The maximum Gasteiger partial charge on any atom is 0.0671 e. The first-order chi connectivity index (χ1) is 6.77. The lowest BCUT2D eigenvalue weighted by molar-refractivity contribution is 0.0727. The molecule has 0 aromatic carbocycles. The smallest absolute Gasteiger partial charge is 0.0671 e. The molecule has 2 heteroatoms. The third kappa shape index (κ3) is 3.58. The van der Waals surface area contributed by atoms with E-state index < -0.39 is 0 Å². The molecule has 3 unspecified atom stereocenters. The highest BCUT2D eigenvalue weighted by Crippen LogP contribution is 2.27. The van der Waals surface area contributed by atoms with E-state index in [-0.39, 0.29) is 0 Å². The molecule has 1 rings (SSSR count). The maximum atomic E-state index is 5.51. The van der Waals surface area contributed by atoms with Crippen LogP contribution in [0, 0.1) is 5.92 Å². The van der Waals surface area contributed by atoms with Crippen molar-refractivity contribution in [1.29, 1.82) is 0 Å². The predicted octanol–water partition coefficient (Wildman–Crippen LogP) is 2.58. The standard InChI is InChI=1S/C12H25NO/c1-4-11-7-6-8-12(11)13-9-10(3)14-5-2/h10-13H,4-9H2,1-3H3. The molecule has 84 valence electrons. The lowest BCUT2D eigenvalue weighted by atomic mass is 10.0. The van der Waals surface area contributed by atoms with Crippen molar-refractivity contribution >= 4 is 0 Å². The second kappa shape index (κ2) is 6.41. The van der Waals surface area contributed by atoms with Gasteiger partial charge in [0.05, 0.1) is 6.10 Å². The first-order valence-electron chi connectivity index (χ1n) is 6.12. The summed E-state index contributed by atoms with van der Waals surface area (Å²) in [4.78, 5) is 0. The average molecular weight is 199 g/mol. The summed E-state index contributed by atoms with van der Waals surface area (Å²) in [6, 6.07) is 0.753. The van der Waals surface area contributed by atoms with Crippen molar-refractivity contribution in [2.75, 3.05) is 13.2 Å². The first kappa shape index (κ1) is 12.0. The van der Waals surface area contributed by atoms with Crippen molar-refractivity contribution in [3.8, 4) is 0 Å². The molecule has 0 spiro atoms. The van der Waals surface area contributed by atoms with Crippen molar-refractivity contribution in [2.45, 2.75) is 58.6 Å². The number of nitrogens with one attached hydrogen (secondary N) is 1. The Morgan fingerprint density at radius 2 is 2.14 bits per heavy atom. The second-order valence-corrected chi connectivity index (χ2v) is 4.38. The van der Waals surface area contributed by atoms with Crippen molar-refractivity contribution < 1.29 is 4.74 Å². The van der Waals surface area contributed by atoms with Crippen LogP contribution in [0.1, 0.15) is 46.5 Å². The molecule has 0 aromatic rings. The molecular formula is C12H25NO. The maximum absolute atomic E-state index is 5.51. The minimum atomic E-state index is 0.359. The monoisotopic (exact) mass is 199 g/mol. The van der Waals surface area contributed by atoms with Gasteiger partial charge in [-0.25, -0.2) is 0 Å². The van der Waals surface area contributed by atoms with Crippen LogP contribution in [0.3, 0.4) is 0 Å². The second-order valence-electron chi connectivity index (χ2n) is 4.38. The summed E-state index contributed by atoms with van der Waals surface area (Å²) >= 11 is 0. The van der Waals surface area contributed by atoms with Gasteiger partial charge >= 0.3 is 0 Å². The molecule has 0 saturated heterocycles. The normalized spacial score (nSPS) is 29.4. The van der Waals surface area contributed by atoms with Gasteiger partial charge in [0.15, 0.2) is 0 Å². The molecule has 1 N–H and O–H groups in total. The Morgan fingerprint density at radius 1 is 1.36 bits per heavy atom. The molecule has 0 aromatic heterocycles. The fourth-order valence-electron chi connectivity index (χ4n) is 2.45. The van der Waals surface area contributed by atoms with Crippen molar-refractivity contribution in [3.63, 3.8) is 0 Å². The number of hydrogen-bond acceptors (Lipinski definition) is 2. The summed E-state index contributed by atoms with van der Waals surface area (Å²) in [5, 5.41) is 3.64. The van der Waals surface area contributed by atoms with Gasteiger partial charge in [-0.05, 0) is 32.6 Å². The largest absolute Gasteiger partial charge is 0.377 e. The molecule has 0 radical (unpaired) electrons. The van der Waals surface area contributed by atoms with Crippen LogP contribution in [0.5, 0.6) is 0 Å². The van der Waals surface area contributed by atoms with E-state index in [1.165, 1.54) is 25.7 Å². The van der Waals surface area contributed by atoms with Gasteiger partial charge in [-0.3, -0.25) is 0 Å². The Balaban J connectivity index is 2.16. The van der Waals surface area contributed by atoms with Gasteiger partial charge in [-0.1, -0.05) is 19.8 Å². The molecule has 1 fully saturated rings. The molecule has 1 saturated carbocycles. The van der Waals surface area contributed by atoms with E-state index in [1.807, 2.05) is 0 Å². The van der Waals surface area contributed by atoms with Crippen LogP contribution in [0.15, 0.2) is 0 Å². The summed E-state index contributed by atoms with van der Waals surface area (Å²) in [5.74, 6) is 0.906. The Morgan fingerprint density at radius 3 is 2.79 bits per heavy atom. The van der Waals surface area contributed by atoms with Gasteiger partial charge in [-0.2, -0.15) is 0 Å². The van der Waals surface area contributed by atoms with E-state index in [0.717, 1.165) is 25.1 Å². The van der Waals surface area contributed by atoms with Crippen LogP contribution in [-0.4, -0.2) is 25.3 Å². The minimum Gasteiger partial charge on any atom is -0.377 e. The number of hydrogen-bond donors (Lipinski definition) is 1. The van der Waals surface area contributed by atoms with E-state index >= 15 is 0 Å². The quantitative estimate of drug-likeness (QED) is 0.710. The Bertz CT molecular complexity index is 149. The van der Waals surface area contributed by atoms with Gasteiger partial charge in [0, 0.05) is 19.2 Å². The first-order valence-corrected chi connectivity index (χ1v) is 6.12. The Hall–Kier alpha value is -0.0800. The van der Waals surface area contributed by atoms with Crippen molar-refractivity contribution in [3.05, 3.63) is 0 Å². The van der Waals surface area contributed by atoms with Gasteiger partial charge in [0.2, 0.25) is 0 Å². The van der Waals surface area contributed by atoms with E-state index in [9.17, 15) is 0 Å². The van der Waals surface area contributed by atoms with E-state index in [0.29, 0.717) is 6.10 Å². The van der Waals surface area contributed by atoms with Crippen LogP contribution in [-0.2, 0) is 4.74 Å². The molecule has 14 heavy (non-hydrogen) atoms. The van der Waals surface area contributed by atoms with Crippen molar-refractivity contribution in [1.82, 2.24) is 5.32 Å². The molecular weight excluding hydrogens is 174 g/mol. The summed E-state index contributed by atoms with van der Waals surface area (Å²) in [5.41, 5.74) is 0. The zero-order valence-electron chi connectivity index (χ0n) is 9.88. The molecule has 2 nitrogen and oxygen atoms in total. The fraction of sp³-hybridized carbons (Fsp3) is 1.00. The summed E-state index contributed by atoms with van der Waals surface area (Å²) in [6.45, 7) is 8.34. The minimum absolute atomic E-state index is 0.359. The molecule has 0 heterocycles. The Labute approximate surface area is 88.4 Å². The SMILES string of the molecule is CCOC(C)CNC1CCCC1CC. The van der Waals surface area contributed by atoms with Crippen LogP contribution in [0.25, 0.3) is 0 Å². The van der Waals surface area contributed by atoms with E-state index in [2.05, 4.69) is 26.1 Å². The van der Waals surface area contributed by atoms with Gasteiger partial charge in [0.25, 0.3) is 0 Å². The third-order valence-electron chi connectivity index (χ3n) is 3.30. The number of rotatable bonds is 6. The summed E-state index contributed by atoms with van der Waals surface area (Å²) in [6.07, 6.45) is 5.85. The summed E-state index contributed by atoms with van der Waals surface area (Å²) < 4.78 is 5.51. The molecule has 0 aliphatic heterocycles. The fourth-order valence-corrected chi connectivity index (χ4v) is 2.45. The van der Waals surface area contributed by atoms with Gasteiger partial charge in [-0.15, -0.1) is 0 Å². The Kier molecular flexibility index (Phi) is 5.49. The van der Waals surface area contributed by atoms with E-state index in [4.69, 9.17) is 4.74 Å². The summed E-state index contributed by atoms with van der Waals surface area (Å²) in [7, 11) is 0. The van der Waals surface area contributed by atoms with Crippen LogP contribution in [0.4, 0.5) is 0 Å². The molecule has 1 aliphatic rings. The highest BCUT2D eigenvalue weighted by molar-refractivity contribution is 4.82. The lowest BCUT2D eigenvalue weighted by Crippen LogP contribution is -2.37. The number of ether oxygens (including phenoxy) is 1. The topological polar surface area (TPSA) is 21.3 Å². The van der Waals surface area contributed by atoms with Gasteiger partial charge in [0.1, 0.15) is 0 Å². The zero-order chi connectivity index (χ0) is 10.4.